The first-order valence-corrected chi connectivity index (χ1v) is 14.7. The van der Waals surface area contributed by atoms with E-state index in [4.69, 9.17) is 9.47 Å². The summed E-state index contributed by atoms with van der Waals surface area (Å²) < 4.78 is 64.0. The maximum Gasteiger partial charge on any atom is 0.344 e. The van der Waals surface area contributed by atoms with Crippen LogP contribution in [0.25, 0.3) is 0 Å². The molecule has 10 heteroatoms. The number of rotatable bonds is 7. The molecule has 0 heterocycles. The third-order valence-corrected chi connectivity index (χ3v) is 8.33. The minimum absolute atomic E-state index is 0.0461. The number of carbonyl (C=O) groups is 1. The molecule has 0 aliphatic heterocycles. The second-order valence-electron chi connectivity index (χ2n) is 9.73. The molecule has 3 rings (SSSR count). The van der Waals surface area contributed by atoms with Gasteiger partial charge in [0, 0.05) is 18.2 Å². The molecule has 2 aliphatic rings. The van der Waals surface area contributed by atoms with Crippen molar-refractivity contribution in [2.75, 3.05) is 12.9 Å². The van der Waals surface area contributed by atoms with Gasteiger partial charge in [-0.2, -0.15) is 0 Å². The number of sulfonamides is 1. The predicted molar refractivity (Wildman–Crippen MR) is 128 cm³/mol. The van der Waals surface area contributed by atoms with Crippen LogP contribution < -0.4 is 4.72 Å². The van der Waals surface area contributed by atoms with Gasteiger partial charge in [0.2, 0.25) is 10.0 Å². The maximum absolute atomic E-state index is 13.2. The van der Waals surface area contributed by atoms with Gasteiger partial charge >= 0.3 is 5.97 Å². The van der Waals surface area contributed by atoms with Crippen LogP contribution in [0.3, 0.4) is 0 Å². The summed E-state index contributed by atoms with van der Waals surface area (Å²) in [6, 6.07) is 4.99. The molecule has 0 spiro atoms. The van der Waals surface area contributed by atoms with Gasteiger partial charge in [-0.15, -0.1) is 0 Å². The second kappa shape index (κ2) is 10.2. The Labute approximate surface area is 202 Å². The Morgan fingerprint density at radius 3 is 2.50 bits per heavy atom. The van der Waals surface area contributed by atoms with E-state index in [0.29, 0.717) is 18.6 Å². The molecule has 1 aromatic carbocycles. The first kappa shape index (κ1) is 26.4. The fourth-order valence-electron chi connectivity index (χ4n) is 4.28. The molecule has 8 nitrogen and oxygen atoms in total. The Kier molecular flexibility index (Phi) is 7.94. The largest absolute Gasteiger partial charge is 0.482 e. The van der Waals surface area contributed by atoms with Crippen molar-refractivity contribution < 1.29 is 31.1 Å². The van der Waals surface area contributed by atoms with Gasteiger partial charge in [0.15, 0.2) is 16.4 Å². The summed E-state index contributed by atoms with van der Waals surface area (Å²) in [5, 5.41) is 0. The van der Waals surface area contributed by atoms with E-state index in [1.807, 2.05) is 12.2 Å². The Balaban J connectivity index is 1.81. The lowest BCUT2D eigenvalue weighted by molar-refractivity contribution is -0.158. The molecule has 2 unspecified atom stereocenters. The van der Waals surface area contributed by atoms with Gasteiger partial charge in [-0.3, -0.25) is 0 Å². The van der Waals surface area contributed by atoms with E-state index < -0.39 is 31.4 Å². The minimum atomic E-state index is -3.95. The van der Waals surface area contributed by atoms with E-state index in [1.165, 1.54) is 24.3 Å². The Morgan fingerprint density at radius 2 is 1.82 bits per heavy atom. The summed E-state index contributed by atoms with van der Waals surface area (Å²) in [5.41, 5.74) is 0.379. The molecule has 188 valence electrons. The van der Waals surface area contributed by atoms with Gasteiger partial charge in [-0.1, -0.05) is 18.6 Å². The molecule has 2 aliphatic carbocycles. The van der Waals surface area contributed by atoms with E-state index in [0.717, 1.165) is 31.1 Å². The highest BCUT2D eigenvalue weighted by Crippen LogP contribution is 2.37. The highest BCUT2D eigenvalue weighted by atomic mass is 32.2. The topological polar surface area (TPSA) is 116 Å². The lowest BCUT2D eigenvalue weighted by Crippen LogP contribution is -2.41. The monoisotopic (exact) mass is 511 g/mol. The van der Waals surface area contributed by atoms with Gasteiger partial charge in [-0.25, -0.2) is 26.4 Å². The number of allylic oxidation sites excluding steroid dienone is 2. The van der Waals surface area contributed by atoms with Crippen molar-refractivity contribution in [1.82, 2.24) is 4.72 Å². The number of hydrogen-bond acceptors (Lipinski definition) is 7. The maximum atomic E-state index is 13.2. The molecule has 0 amide bonds. The summed E-state index contributed by atoms with van der Waals surface area (Å²) in [7, 11) is -7.49. The fourth-order valence-corrected chi connectivity index (χ4v) is 6.38. The van der Waals surface area contributed by atoms with Gasteiger partial charge in [-0.05, 0) is 76.3 Å². The first-order chi connectivity index (χ1) is 15.8. The van der Waals surface area contributed by atoms with Crippen LogP contribution >= 0.6 is 0 Å². The summed E-state index contributed by atoms with van der Waals surface area (Å²) >= 11 is 0. The number of sulfone groups is 1. The standard InChI is InChI=1S/C24H33NO7S2/c1-24(2,3)32-23(26)16-31-22-14-8-12-19-20(22)11-5-6-13-21(19)25-34(29,30)18-10-7-9-17(15-18)33(4,27)28/h7-10,14-15,19,21,25H,5-6,11-13,16H2,1-4H3. The molecule has 0 saturated heterocycles. The molecule has 0 aromatic heterocycles. The SMILES string of the molecule is CC(C)(C)OC(=O)COC1=C2CCCCC(NS(=O)(=O)c3cccc(S(C)(=O)=O)c3)C2CC=C1. The Morgan fingerprint density at radius 1 is 1.12 bits per heavy atom. The molecule has 0 bridgehead atoms. The molecule has 1 N–H and O–H groups in total. The number of ether oxygens (including phenoxy) is 2. The number of benzene rings is 1. The lowest BCUT2D eigenvalue weighted by Gasteiger charge is -2.30. The summed E-state index contributed by atoms with van der Waals surface area (Å²) in [4.78, 5) is 12.0. The Hall–Kier alpha value is -2.17. The van der Waals surface area contributed by atoms with Crippen LogP contribution in [0.5, 0.6) is 0 Å². The van der Waals surface area contributed by atoms with Crippen molar-refractivity contribution in [3.05, 3.63) is 47.7 Å². The molecule has 1 aromatic rings. The van der Waals surface area contributed by atoms with Crippen LogP contribution in [0, 0.1) is 5.92 Å². The van der Waals surface area contributed by atoms with Crippen molar-refractivity contribution in [3.8, 4) is 0 Å². The molecular formula is C24H33NO7S2. The van der Waals surface area contributed by atoms with Gasteiger partial charge in [0.1, 0.15) is 11.4 Å². The average Bonchev–Trinajstić information content (AvgIpc) is 2.93. The van der Waals surface area contributed by atoms with E-state index in [2.05, 4.69) is 4.72 Å². The van der Waals surface area contributed by atoms with Crippen molar-refractivity contribution >= 4 is 25.8 Å². The van der Waals surface area contributed by atoms with Gasteiger partial charge in [0.25, 0.3) is 0 Å². The normalized spacial score (nSPS) is 21.5. The third kappa shape index (κ3) is 6.93. The second-order valence-corrected chi connectivity index (χ2v) is 13.5. The lowest BCUT2D eigenvalue weighted by atomic mass is 9.84. The van der Waals surface area contributed by atoms with Crippen LogP contribution in [0.2, 0.25) is 0 Å². The quantitative estimate of drug-likeness (QED) is 0.557. The van der Waals surface area contributed by atoms with Crippen LogP contribution in [0.1, 0.15) is 52.9 Å². The number of hydrogen-bond donors (Lipinski definition) is 1. The van der Waals surface area contributed by atoms with E-state index in [-0.39, 0.29) is 28.4 Å². The van der Waals surface area contributed by atoms with Crippen molar-refractivity contribution in [3.63, 3.8) is 0 Å². The van der Waals surface area contributed by atoms with E-state index >= 15 is 0 Å². The number of carbonyl (C=O) groups excluding carboxylic acids is 1. The van der Waals surface area contributed by atoms with E-state index in [9.17, 15) is 21.6 Å². The average molecular weight is 512 g/mol. The Bertz CT molecular complexity index is 1190. The smallest absolute Gasteiger partial charge is 0.344 e. The number of nitrogens with one attached hydrogen (secondary N) is 1. The summed E-state index contributed by atoms with van der Waals surface area (Å²) in [6.07, 6.45) is 8.55. The zero-order chi connectivity index (χ0) is 25.1. The minimum Gasteiger partial charge on any atom is -0.482 e. The zero-order valence-corrected chi connectivity index (χ0v) is 21.7. The van der Waals surface area contributed by atoms with Crippen LogP contribution in [-0.4, -0.2) is 47.3 Å². The zero-order valence-electron chi connectivity index (χ0n) is 20.0. The summed E-state index contributed by atoms with van der Waals surface area (Å²) in [5.74, 6) is 0.00837. The van der Waals surface area contributed by atoms with Crippen LogP contribution in [0.4, 0.5) is 0 Å². The first-order valence-electron chi connectivity index (χ1n) is 11.3. The number of fused-ring (bicyclic) bond motifs is 1. The molecule has 2 atom stereocenters. The molecular weight excluding hydrogens is 478 g/mol. The van der Waals surface area contributed by atoms with E-state index in [1.54, 1.807) is 20.8 Å². The van der Waals surface area contributed by atoms with Crippen LogP contribution in [0.15, 0.2) is 57.5 Å². The predicted octanol–water partition coefficient (Wildman–Crippen LogP) is 3.50. The van der Waals surface area contributed by atoms with Gasteiger partial charge < -0.3 is 9.47 Å². The van der Waals surface area contributed by atoms with Crippen molar-refractivity contribution in [2.24, 2.45) is 5.92 Å². The highest BCUT2D eigenvalue weighted by Gasteiger charge is 2.34. The summed E-state index contributed by atoms with van der Waals surface area (Å²) in [6.45, 7) is 5.15. The highest BCUT2D eigenvalue weighted by molar-refractivity contribution is 7.91. The third-order valence-electron chi connectivity index (χ3n) is 5.74. The molecule has 0 radical (unpaired) electrons. The van der Waals surface area contributed by atoms with Crippen molar-refractivity contribution in [1.29, 1.82) is 0 Å². The molecule has 1 saturated carbocycles. The van der Waals surface area contributed by atoms with Gasteiger partial charge in [0.05, 0.1) is 9.79 Å². The van der Waals surface area contributed by atoms with Crippen molar-refractivity contribution in [2.45, 2.75) is 74.3 Å². The number of esters is 1. The fraction of sp³-hybridized carbons (Fsp3) is 0.542. The van der Waals surface area contributed by atoms with Crippen LogP contribution in [-0.2, 0) is 34.1 Å². The molecule has 34 heavy (non-hydrogen) atoms. The molecule has 1 fully saturated rings.